The van der Waals surface area contributed by atoms with E-state index in [4.69, 9.17) is 33.0 Å². The second kappa shape index (κ2) is 12.0. The van der Waals surface area contributed by atoms with Gasteiger partial charge in [0.1, 0.15) is 6.61 Å². The number of hydrogen-bond acceptors (Lipinski definition) is 8. The van der Waals surface area contributed by atoms with Crippen LogP contribution in [0.2, 0.25) is 0 Å². The molecule has 0 amide bonds. The van der Waals surface area contributed by atoms with Gasteiger partial charge >= 0.3 is 7.12 Å². The van der Waals surface area contributed by atoms with Crippen LogP contribution in [-0.4, -0.2) is 83.3 Å². The second-order valence-electron chi connectivity index (χ2n) is 8.15. The van der Waals surface area contributed by atoms with Crippen molar-refractivity contribution < 1.29 is 33.0 Å². The Labute approximate surface area is 180 Å². The first-order valence-electron chi connectivity index (χ1n) is 10.4. The highest BCUT2D eigenvalue weighted by Gasteiger charge is 2.52. The van der Waals surface area contributed by atoms with Crippen LogP contribution in [0, 0.1) is 6.92 Å². The van der Waals surface area contributed by atoms with Crippen LogP contribution in [0.1, 0.15) is 33.3 Å². The highest BCUT2D eigenvalue weighted by atomic mass is 16.7. The first-order chi connectivity index (χ1) is 14.3. The van der Waals surface area contributed by atoms with E-state index in [1.54, 1.807) is 13.3 Å². The van der Waals surface area contributed by atoms with Crippen LogP contribution in [0.5, 0.6) is 5.88 Å². The number of pyridine rings is 1. The van der Waals surface area contributed by atoms with Gasteiger partial charge in [0.05, 0.1) is 57.5 Å². The second-order valence-corrected chi connectivity index (χ2v) is 8.15. The summed E-state index contributed by atoms with van der Waals surface area (Å²) in [5.41, 5.74) is 1.18. The molecule has 1 aromatic rings. The van der Waals surface area contributed by atoms with Crippen LogP contribution in [0.3, 0.4) is 0 Å². The SMILES string of the molecule is COCCOCCOCCOCCOc1cc(C)c(B2OC(C)(C)C(C)(C)O2)cn1. The summed E-state index contributed by atoms with van der Waals surface area (Å²) in [5.74, 6) is 0.556. The van der Waals surface area contributed by atoms with Gasteiger partial charge in [0.25, 0.3) is 0 Å². The van der Waals surface area contributed by atoms with Crippen molar-refractivity contribution in [3.63, 3.8) is 0 Å². The summed E-state index contributed by atoms with van der Waals surface area (Å²) in [4.78, 5) is 4.38. The third kappa shape index (κ3) is 7.48. The molecule has 30 heavy (non-hydrogen) atoms. The van der Waals surface area contributed by atoms with E-state index in [-0.39, 0.29) is 11.2 Å². The largest absolute Gasteiger partial charge is 0.496 e. The number of methoxy groups -OCH3 is 1. The van der Waals surface area contributed by atoms with E-state index in [0.29, 0.717) is 58.7 Å². The third-order valence-electron chi connectivity index (χ3n) is 5.29. The van der Waals surface area contributed by atoms with E-state index in [2.05, 4.69) is 4.98 Å². The van der Waals surface area contributed by atoms with E-state index in [0.717, 1.165) is 11.0 Å². The summed E-state index contributed by atoms with van der Waals surface area (Å²) in [6.45, 7) is 14.3. The van der Waals surface area contributed by atoms with Crippen LogP contribution in [-0.2, 0) is 28.3 Å². The minimum Gasteiger partial charge on any atom is -0.475 e. The Kier molecular flexibility index (Phi) is 10.00. The zero-order valence-corrected chi connectivity index (χ0v) is 19.2. The first-order valence-corrected chi connectivity index (χ1v) is 10.4. The van der Waals surface area contributed by atoms with E-state index in [9.17, 15) is 0 Å². The monoisotopic (exact) mass is 425 g/mol. The maximum Gasteiger partial charge on any atom is 0.496 e. The molecule has 1 aliphatic heterocycles. The van der Waals surface area contributed by atoms with E-state index < -0.39 is 7.12 Å². The molecule has 0 bridgehead atoms. The molecule has 170 valence electrons. The van der Waals surface area contributed by atoms with Crippen molar-refractivity contribution in [1.82, 2.24) is 4.98 Å². The Balaban J connectivity index is 1.61. The van der Waals surface area contributed by atoms with Gasteiger partial charge in [0.15, 0.2) is 0 Å². The summed E-state index contributed by atoms with van der Waals surface area (Å²) >= 11 is 0. The van der Waals surface area contributed by atoms with Crippen molar-refractivity contribution >= 4 is 12.6 Å². The Bertz CT molecular complexity index is 626. The average Bonchev–Trinajstić information content (AvgIpc) is 2.89. The number of hydrogen-bond donors (Lipinski definition) is 0. The van der Waals surface area contributed by atoms with Crippen LogP contribution >= 0.6 is 0 Å². The van der Waals surface area contributed by atoms with Crippen LogP contribution in [0.15, 0.2) is 12.3 Å². The minimum absolute atomic E-state index is 0.378. The standard InChI is InChI=1S/C21H36BNO7/c1-17-15-19(23-16-18(17)22-29-20(2,3)21(4,5)30-22)28-14-13-27-12-11-26-10-9-25-8-7-24-6/h15-16H,7-14H2,1-6H3. The quantitative estimate of drug-likeness (QED) is 0.330. The van der Waals surface area contributed by atoms with Gasteiger partial charge < -0.3 is 33.0 Å². The molecule has 1 aromatic heterocycles. The Hall–Kier alpha value is -1.23. The molecule has 1 saturated heterocycles. The fourth-order valence-electron chi connectivity index (χ4n) is 2.73. The Morgan fingerprint density at radius 3 is 1.83 bits per heavy atom. The molecule has 0 atom stereocenters. The van der Waals surface area contributed by atoms with Crippen LogP contribution in [0.4, 0.5) is 0 Å². The predicted molar refractivity (Wildman–Crippen MR) is 115 cm³/mol. The lowest BCUT2D eigenvalue weighted by molar-refractivity contribution is 0.00000335. The molecule has 0 unspecified atom stereocenters. The number of aromatic nitrogens is 1. The molecular weight excluding hydrogens is 389 g/mol. The number of ether oxygens (including phenoxy) is 5. The van der Waals surface area contributed by atoms with Crippen LogP contribution < -0.4 is 10.2 Å². The number of nitrogens with zero attached hydrogens (tertiary/aromatic N) is 1. The lowest BCUT2D eigenvalue weighted by atomic mass is 9.77. The molecule has 2 rings (SSSR count). The average molecular weight is 425 g/mol. The van der Waals surface area contributed by atoms with Crippen LogP contribution in [0.25, 0.3) is 0 Å². The molecule has 9 heteroatoms. The van der Waals surface area contributed by atoms with Crippen molar-refractivity contribution in [2.45, 2.75) is 45.8 Å². The van der Waals surface area contributed by atoms with Crippen molar-refractivity contribution in [3.05, 3.63) is 17.8 Å². The highest BCUT2D eigenvalue weighted by molar-refractivity contribution is 6.62. The van der Waals surface area contributed by atoms with Crippen molar-refractivity contribution in [2.75, 3.05) is 60.0 Å². The van der Waals surface area contributed by atoms with Gasteiger partial charge in [-0.05, 0) is 40.2 Å². The van der Waals surface area contributed by atoms with Crippen molar-refractivity contribution in [2.24, 2.45) is 0 Å². The molecule has 0 spiro atoms. The molecule has 8 nitrogen and oxygen atoms in total. The van der Waals surface area contributed by atoms with E-state index in [1.165, 1.54) is 0 Å². The lowest BCUT2D eigenvalue weighted by Crippen LogP contribution is -2.41. The van der Waals surface area contributed by atoms with Gasteiger partial charge in [-0.2, -0.15) is 0 Å². The molecule has 0 radical (unpaired) electrons. The van der Waals surface area contributed by atoms with Gasteiger partial charge in [0, 0.05) is 24.8 Å². The molecule has 2 heterocycles. The summed E-state index contributed by atoms with van der Waals surface area (Å²) < 4.78 is 39.0. The zero-order valence-electron chi connectivity index (χ0n) is 19.2. The van der Waals surface area contributed by atoms with Gasteiger partial charge in [-0.1, -0.05) is 0 Å². The summed E-state index contributed by atoms with van der Waals surface area (Å²) in [5, 5.41) is 0. The molecule has 0 aromatic carbocycles. The van der Waals surface area contributed by atoms with E-state index in [1.807, 2.05) is 40.7 Å². The van der Waals surface area contributed by atoms with Gasteiger partial charge in [-0.25, -0.2) is 4.98 Å². The molecule has 1 fully saturated rings. The maximum absolute atomic E-state index is 6.10. The lowest BCUT2D eigenvalue weighted by Gasteiger charge is -2.32. The maximum atomic E-state index is 6.10. The normalized spacial score (nSPS) is 17.5. The first kappa shape index (κ1) is 25.0. The highest BCUT2D eigenvalue weighted by Crippen LogP contribution is 2.36. The fourth-order valence-corrected chi connectivity index (χ4v) is 2.73. The van der Waals surface area contributed by atoms with Crippen molar-refractivity contribution in [3.8, 4) is 5.88 Å². The van der Waals surface area contributed by atoms with Gasteiger partial charge in [-0.3, -0.25) is 0 Å². The summed E-state index contributed by atoms with van der Waals surface area (Å²) in [6.07, 6.45) is 1.76. The molecule has 0 N–H and O–H groups in total. The minimum atomic E-state index is -0.426. The Morgan fingerprint density at radius 1 is 0.833 bits per heavy atom. The number of aryl methyl sites for hydroxylation is 1. The predicted octanol–water partition coefficient (Wildman–Crippen LogP) is 1.76. The van der Waals surface area contributed by atoms with Gasteiger partial charge in [-0.15, -0.1) is 0 Å². The van der Waals surface area contributed by atoms with E-state index >= 15 is 0 Å². The zero-order chi connectivity index (χ0) is 22.0. The topological polar surface area (TPSA) is 77.5 Å². The van der Waals surface area contributed by atoms with Gasteiger partial charge in [0.2, 0.25) is 5.88 Å². The molecule has 1 aliphatic rings. The Morgan fingerprint density at radius 2 is 1.33 bits per heavy atom. The third-order valence-corrected chi connectivity index (χ3v) is 5.29. The summed E-state index contributed by atoms with van der Waals surface area (Å²) in [7, 11) is 1.22. The smallest absolute Gasteiger partial charge is 0.475 e. The summed E-state index contributed by atoms with van der Waals surface area (Å²) in [6, 6.07) is 1.90. The number of rotatable bonds is 14. The molecule has 0 saturated carbocycles. The molecule has 0 aliphatic carbocycles. The molecular formula is C21H36BNO7. The fraction of sp³-hybridized carbons (Fsp3) is 0.762. The van der Waals surface area contributed by atoms with Crippen molar-refractivity contribution in [1.29, 1.82) is 0 Å².